The highest BCUT2D eigenvalue weighted by molar-refractivity contribution is 6.33. The second kappa shape index (κ2) is 4.82. The Morgan fingerprint density at radius 3 is 2.89 bits per heavy atom. The minimum absolute atomic E-state index is 0.417. The number of halogens is 1. The highest BCUT2D eigenvalue weighted by atomic mass is 35.5. The lowest BCUT2D eigenvalue weighted by Crippen LogP contribution is -2.24. The third-order valence-corrected chi connectivity index (χ3v) is 3.17. The molecule has 1 atom stereocenters. The minimum Gasteiger partial charge on any atom is -0.368 e. The maximum atomic E-state index is 11.1. The highest BCUT2D eigenvalue weighted by Gasteiger charge is 2.13. The van der Waals surface area contributed by atoms with Gasteiger partial charge in [0.05, 0.1) is 6.20 Å². The van der Waals surface area contributed by atoms with Gasteiger partial charge in [-0.1, -0.05) is 23.2 Å². The Bertz CT molecular complexity index is 592. The number of amides is 1. The first kappa shape index (κ1) is 12.6. The van der Waals surface area contributed by atoms with Crippen molar-refractivity contribution in [3.05, 3.63) is 41.2 Å². The lowest BCUT2D eigenvalue weighted by Gasteiger charge is -2.06. The molecule has 0 spiro atoms. The quantitative estimate of drug-likeness (QED) is 0.925. The summed E-state index contributed by atoms with van der Waals surface area (Å²) < 4.78 is 1.54. The standard InChI is InChI=1S/C13H14ClN3O/c1-8-3-4-12(14)11(5-8)10-6-16-17(7-10)9(2)13(15)18/h3-7,9H,1-2H3,(H2,15,18). The molecule has 0 aliphatic rings. The molecule has 2 aromatic rings. The SMILES string of the molecule is Cc1ccc(Cl)c(-c2cnn(C(C)C(N)=O)c2)c1. The van der Waals surface area contributed by atoms with Crippen molar-refractivity contribution >= 4 is 17.5 Å². The maximum absolute atomic E-state index is 11.1. The predicted octanol–water partition coefficient (Wildman–Crippen LogP) is 2.56. The number of carbonyl (C=O) groups excluding carboxylic acids is 1. The largest absolute Gasteiger partial charge is 0.368 e. The molecular weight excluding hydrogens is 250 g/mol. The third-order valence-electron chi connectivity index (χ3n) is 2.84. The highest BCUT2D eigenvalue weighted by Crippen LogP contribution is 2.28. The summed E-state index contributed by atoms with van der Waals surface area (Å²) in [6.07, 6.45) is 3.45. The van der Waals surface area contributed by atoms with Gasteiger partial charge in [0, 0.05) is 22.3 Å². The van der Waals surface area contributed by atoms with Crippen molar-refractivity contribution in [2.45, 2.75) is 19.9 Å². The van der Waals surface area contributed by atoms with Crippen molar-refractivity contribution in [2.24, 2.45) is 5.73 Å². The number of carbonyl (C=O) groups is 1. The van der Waals surface area contributed by atoms with Crippen molar-refractivity contribution in [1.29, 1.82) is 0 Å². The van der Waals surface area contributed by atoms with Gasteiger partial charge in [0.25, 0.3) is 0 Å². The number of hydrogen-bond acceptors (Lipinski definition) is 2. The summed E-state index contributed by atoms with van der Waals surface area (Å²) in [5.74, 6) is -0.417. The van der Waals surface area contributed by atoms with Gasteiger partial charge in [-0.25, -0.2) is 0 Å². The fraction of sp³-hybridized carbons (Fsp3) is 0.231. The average Bonchev–Trinajstić information content (AvgIpc) is 2.80. The Kier molecular flexibility index (Phi) is 3.39. The van der Waals surface area contributed by atoms with Gasteiger partial charge in [0.2, 0.25) is 5.91 Å². The first-order valence-electron chi connectivity index (χ1n) is 5.59. The van der Waals surface area contributed by atoms with E-state index >= 15 is 0 Å². The van der Waals surface area contributed by atoms with Gasteiger partial charge in [-0.3, -0.25) is 9.48 Å². The molecule has 0 saturated carbocycles. The number of primary amides is 1. The van der Waals surface area contributed by atoms with Crippen LogP contribution < -0.4 is 5.73 Å². The summed E-state index contributed by atoms with van der Waals surface area (Å²) in [6, 6.07) is 5.31. The molecule has 1 heterocycles. The molecule has 0 bridgehead atoms. The first-order valence-corrected chi connectivity index (χ1v) is 5.97. The summed E-state index contributed by atoms with van der Waals surface area (Å²) >= 11 is 6.15. The van der Waals surface area contributed by atoms with Crippen LogP contribution in [-0.4, -0.2) is 15.7 Å². The Balaban J connectivity index is 2.41. The molecule has 0 radical (unpaired) electrons. The van der Waals surface area contributed by atoms with Crippen LogP contribution in [0.2, 0.25) is 5.02 Å². The molecule has 0 fully saturated rings. The summed E-state index contributed by atoms with van der Waals surface area (Å²) in [4.78, 5) is 11.1. The number of aromatic nitrogens is 2. The maximum Gasteiger partial charge on any atom is 0.241 e. The fourth-order valence-electron chi connectivity index (χ4n) is 1.68. The van der Waals surface area contributed by atoms with Crippen LogP contribution in [0.5, 0.6) is 0 Å². The van der Waals surface area contributed by atoms with Gasteiger partial charge in [-0.2, -0.15) is 5.10 Å². The van der Waals surface area contributed by atoms with Crippen LogP contribution in [0.3, 0.4) is 0 Å². The smallest absolute Gasteiger partial charge is 0.241 e. The summed E-state index contributed by atoms with van der Waals surface area (Å²) in [6.45, 7) is 3.70. The second-order valence-corrected chi connectivity index (χ2v) is 4.68. The van der Waals surface area contributed by atoms with Gasteiger partial charge < -0.3 is 5.73 Å². The van der Waals surface area contributed by atoms with Crippen molar-refractivity contribution in [3.63, 3.8) is 0 Å². The molecule has 1 unspecified atom stereocenters. The fourth-order valence-corrected chi connectivity index (χ4v) is 1.91. The van der Waals surface area contributed by atoms with Gasteiger partial charge in [0.1, 0.15) is 6.04 Å². The zero-order valence-corrected chi connectivity index (χ0v) is 11.0. The lowest BCUT2D eigenvalue weighted by molar-refractivity contribution is -0.120. The number of nitrogens with zero attached hydrogens (tertiary/aromatic N) is 2. The number of nitrogens with two attached hydrogens (primary N) is 1. The topological polar surface area (TPSA) is 60.9 Å². The third kappa shape index (κ3) is 2.38. The molecule has 18 heavy (non-hydrogen) atoms. The van der Waals surface area contributed by atoms with Crippen LogP contribution in [0.15, 0.2) is 30.6 Å². The molecular formula is C13H14ClN3O. The molecule has 1 amide bonds. The van der Waals surface area contributed by atoms with Gasteiger partial charge in [-0.05, 0) is 26.0 Å². The molecule has 0 aliphatic heterocycles. The van der Waals surface area contributed by atoms with Gasteiger partial charge in [0.15, 0.2) is 0 Å². The van der Waals surface area contributed by atoms with Crippen molar-refractivity contribution in [2.75, 3.05) is 0 Å². The van der Waals surface area contributed by atoms with Crippen molar-refractivity contribution in [1.82, 2.24) is 9.78 Å². The minimum atomic E-state index is -0.470. The van der Waals surface area contributed by atoms with E-state index < -0.39 is 11.9 Å². The molecule has 2 N–H and O–H groups in total. The summed E-state index contributed by atoms with van der Waals surface area (Å²) in [5, 5.41) is 4.80. The van der Waals surface area contributed by atoms with Crippen LogP contribution in [0.4, 0.5) is 0 Å². The Morgan fingerprint density at radius 1 is 1.50 bits per heavy atom. The number of rotatable bonds is 3. The molecule has 4 nitrogen and oxygen atoms in total. The first-order chi connectivity index (χ1) is 8.49. The van der Waals surface area contributed by atoms with E-state index in [1.807, 2.05) is 25.1 Å². The number of aryl methyl sites for hydroxylation is 1. The van der Waals surface area contributed by atoms with Crippen molar-refractivity contribution < 1.29 is 4.79 Å². The monoisotopic (exact) mass is 263 g/mol. The lowest BCUT2D eigenvalue weighted by atomic mass is 10.1. The molecule has 0 aliphatic carbocycles. The molecule has 94 valence electrons. The van der Waals surface area contributed by atoms with Crippen LogP contribution in [0, 0.1) is 6.92 Å². The Morgan fingerprint density at radius 2 is 2.22 bits per heavy atom. The molecule has 1 aromatic heterocycles. The average molecular weight is 264 g/mol. The van der Waals surface area contributed by atoms with Crippen LogP contribution >= 0.6 is 11.6 Å². The van der Waals surface area contributed by atoms with Gasteiger partial charge in [-0.15, -0.1) is 0 Å². The predicted molar refractivity (Wildman–Crippen MR) is 71.3 cm³/mol. The summed E-state index contributed by atoms with van der Waals surface area (Å²) in [5.41, 5.74) is 8.13. The van der Waals surface area contributed by atoms with E-state index in [1.165, 1.54) is 4.68 Å². The van der Waals surface area contributed by atoms with E-state index in [1.54, 1.807) is 19.3 Å². The zero-order chi connectivity index (χ0) is 13.3. The van der Waals surface area contributed by atoms with E-state index in [9.17, 15) is 4.79 Å². The number of benzene rings is 1. The molecule has 1 aromatic carbocycles. The van der Waals surface area contributed by atoms with E-state index in [-0.39, 0.29) is 0 Å². The van der Waals surface area contributed by atoms with Crippen LogP contribution in [0.25, 0.3) is 11.1 Å². The van der Waals surface area contributed by atoms with E-state index in [4.69, 9.17) is 17.3 Å². The molecule has 0 saturated heterocycles. The normalized spacial score (nSPS) is 12.4. The Hall–Kier alpha value is -1.81. The van der Waals surface area contributed by atoms with Crippen LogP contribution in [0.1, 0.15) is 18.5 Å². The zero-order valence-electron chi connectivity index (χ0n) is 10.2. The molecule has 2 rings (SSSR count). The molecule has 5 heteroatoms. The van der Waals surface area contributed by atoms with E-state index in [0.29, 0.717) is 5.02 Å². The van der Waals surface area contributed by atoms with Gasteiger partial charge >= 0.3 is 0 Å². The van der Waals surface area contributed by atoms with Crippen LogP contribution in [-0.2, 0) is 4.79 Å². The number of hydrogen-bond donors (Lipinski definition) is 1. The second-order valence-electron chi connectivity index (χ2n) is 4.27. The van der Waals surface area contributed by atoms with Crippen molar-refractivity contribution in [3.8, 4) is 11.1 Å². The van der Waals surface area contributed by atoms with E-state index in [2.05, 4.69) is 5.10 Å². The Labute approximate surface area is 110 Å². The summed E-state index contributed by atoms with van der Waals surface area (Å²) in [7, 11) is 0. The van der Waals surface area contributed by atoms with E-state index in [0.717, 1.165) is 16.7 Å².